The summed E-state index contributed by atoms with van der Waals surface area (Å²) >= 11 is 5.31. The van der Waals surface area contributed by atoms with Gasteiger partial charge in [-0.05, 0) is 31.1 Å². The SMILES string of the molecule is O=[N+]([O-])c1ccccc1C1NC(=S)N2CCCCN12. The average molecular weight is 278 g/mol. The lowest BCUT2D eigenvalue weighted by atomic mass is 10.1. The van der Waals surface area contributed by atoms with Gasteiger partial charge in [0.2, 0.25) is 0 Å². The zero-order valence-electron chi connectivity index (χ0n) is 10.3. The second kappa shape index (κ2) is 4.75. The van der Waals surface area contributed by atoms with Gasteiger partial charge in [-0.15, -0.1) is 0 Å². The van der Waals surface area contributed by atoms with Crippen LogP contribution in [0.2, 0.25) is 0 Å². The number of hydrogen-bond acceptors (Lipinski definition) is 4. The molecule has 0 bridgehead atoms. The molecule has 0 aliphatic carbocycles. The molecule has 1 N–H and O–H groups in total. The Bertz CT molecular complexity index is 536. The van der Waals surface area contributed by atoms with Crippen LogP contribution in [0.25, 0.3) is 0 Å². The number of thiocarbonyl (C=S) groups is 1. The van der Waals surface area contributed by atoms with E-state index in [1.807, 2.05) is 11.1 Å². The Kier molecular flexibility index (Phi) is 3.08. The smallest absolute Gasteiger partial charge is 0.276 e. The van der Waals surface area contributed by atoms with Crippen LogP contribution < -0.4 is 5.32 Å². The highest BCUT2D eigenvalue weighted by molar-refractivity contribution is 7.80. The van der Waals surface area contributed by atoms with E-state index in [9.17, 15) is 10.1 Å². The molecule has 0 amide bonds. The van der Waals surface area contributed by atoms with Crippen LogP contribution in [0.1, 0.15) is 24.6 Å². The third-order valence-electron chi connectivity index (χ3n) is 3.54. The first-order valence-electron chi connectivity index (χ1n) is 6.26. The fourth-order valence-electron chi connectivity index (χ4n) is 2.66. The number of hydrazine groups is 1. The molecule has 2 fully saturated rings. The number of nitrogens with zero attached hydrogens (tertiary/aromatic N) is 3. The van der Waals surface area contributed by atoms with E-state index in [1.165, 1.54) is 6.07 Å². The van der Waals surface area contributed by atoms with E-state index in [4.69, 9.17) is 12.2 Å². The largest absolute Gasteiger partial charge is 0.340 e. The van der Waals surface area contributed by atoms with Crippen molar-refractivity contribution in [2.75, 3.05) is 13.1 Å². The molecule has 3 rings (SSSR count). The second-order valence-electron chi connectivity index (χ2n) is 4.66. The van der Waals surface area contributed by atoms with Gasteiger partial charge in [-0.25, -0.2) is 0 Å². The molecule has 2 heterocycles. The van der Waals surface area contributed by atoms with E-state index in [0.29, 0.717) is 10.7 Å². The lowest BCUT2D eigenvalue weighted by Crippen LogP contribution is -2.44. The molecular weight excluding hydrogens is 264 g/mol. The molecule has 7 heteroatoms. The molecule has 0 radical (unpaired) electrons. The molecule has 0 spiro atoms. The normalized spacial score (nSPS) is 23.1. The molecule has 0 saturated carbocycles. The highest BCUT2D eigenvalue weighted by Crippen LogP contribution is 2.33. The molecule has 1 aromatic rings. The number of rotatable bonds is 2. The summed E-state index contributed by atoms with van der Waals surface area (Å²) in [6.45, 7) is 1.74. The number of nitrogens with one attached hydrogen (secondary N) is 1. The first-order valence-corrected chi connectivity index (χ1v) is 6.67. The maximum Gasteiger partial charge on any atom is 0.276 e. The number of nitro benzene ring substituents is 1. The van der Waals surface area contributed by atoms with E-state index in [-0.39, 0.29) is 16.8 Å². The topological polar surface area (TPSA) is 61.7 Å². The monoisotopic (exact) mass is 278 g/mol. The van der Waals surface area contributed by atoms with Gasteiger partial charge in [0.15, 0.2) is 5.11 Å². The molecule has 1 atom stereocenters. The van der Waals surface area contributed by atoms with Crippen LogP contribution in [0, 0.1) is 10.1 Å². The van der Waals surface area contributed by atoms with Crippen LogP contribution in [0.3, 0.4) is 0 Å². The summed E-state index contributed by atoms with van der Waals surface area (Å²) in [6.07, 6.45) is 1.95. The van der Waals surface area contributed by atoms with Crippen molar-refractivity contribution in [1.82, 2.24) is 15.3 Å². The lowest BCUT2D eigenvalue weighted by Gasteiger charge is -2.34. The van der Waals surface area contributed by atoms with E-state index in [2.05, 4.69) is 10.3 Å². The van der Waals surface area contributed by atoms with Gasteiger partial charge in [0.05, 0.1) is 10.5 Å². The number of benzene rings is 1. The zero-order chi connectivity index (χ0) is 13.4. The fourth-order valence-corrected chi connectivity index (χ4v) is 2.97. The number of fused-ring (bicyclic) bond motifs is 1. The maximum atomic E-state index is 11.1. The van der Waals surface area contributed by atoms with Gasteiger partial charge in [0.1, 0.15) is 6.17 Å². The van der Waals surface area contributed by atoms with Crippen LogP contribution in [-0.4, -0.2) is 33.1 Å². The van der Waals surface area contributed by atoms with E-state index >= 15 is 0 Å². The van der Waals surface area contributed by atoms with Crippen molar-refractivity contribution in [3.05, 3.63) is 39.9 Å². The van der Waals surface area contributed by atoms with Crippen LogP contribution in [0.4, 0.5) is 5.69 Å². The number of hydrogen-bond donors (Lipinski definition) is 1. The van der Waals surface area contributed by atoms with E-state index in [1.54, 1.807) is 12.1 Å². The standard InChI is InChI=1S/C12H14N4O2S/c17-16(18)10-6-2-1-5-9(10)11-13-12(19)15-8-4-3-7-14(11)15/h1-2,5-6,11H,3-4,7-8H2,(H,13,19). The molecule has 2 saturated heterocycles. The van der Waals surface area contributed by atoms with Gasteiger partial charge in [0, 0.05) is 19.2 Å². The number of para-hydroxylation sites is 1. The Hall–Kier alpha value is -1.73. The Morgan fingerprint density at radius 2 is 2.05 bits per heavy atom. The van der Waals surface area contributed by atoms with Gasteiger partial charge in [0.25, 0.3) is 5.69 Å². The summed E-state index contributed by atoms with van der Waals surface area (Å²) in [6, 6.07) is 6.83. The third kappa shape index (κ3) is 2.04. The minimum absolute atomic E-state index is 0.134. The Morgan fingerprint density at radius 1 is 1.32 bits per heavy atom. The summed E-state index contributed by atoms with van der Waals surface area (Å²) < 4.78 is 0. The first-order chi connectivity index (χ1) is 9.18. The molecule has 1 unspecified atom stereocenters. The van der Waals surface area contributed by atoms with Crippen LogP contribution in [-0.2, 0) is 0 Å². The fraction of sp³-hybridized carbons (Fsp3) is 0.417. The minimum Gasteiger partial charge on any atom is -0.340 e. The highest BCUT2D eigenvalue weighted by atomic mass is 32.1. The summed E-state index contributed by atoms with van der Waals surface area (Å²) in [5.41, 5.74) is 0.800. The first kappa shape index (κ1) is 12.3. The van der Waals surface area contributed by atoms with Crippen LogP contribution >= 0.6 is 12.2 Å². The van der Waals surface area contributed by atoms with Gasteiger partial charge in [-0.2, -0.15) is 5.01 Å². The highest BCUT2D eigenvalue weighted by Gasteiger charge is 2.39. The quantitative estimate of drug-likeness (QED) is 0.505. The zero-order valence-corrected chi connectivity index (χ0v) is 11.1. The predicted octanol–water partition coefficient (Wildman–Crippen LogP) is 1.79. The van der Waals surface area contributed by atoms with Gasteiger partial charge >= 0.3 is 0 Å². The summed E-state index contributed by atoms with van der Waals surface area (Å²) in [5, 5.41) is 19.1. The third-order valence-corrected chi connectivity index (χ3v) is 3.87. The molecule has 100 valence electrons. The summed E-state index contributed by atoms with van der Waals surface area (Å²) in [7, 11) is 0. The molecule has 1 aromatic carbocycles. The average Bonchev–Trinajstić information content (AvgIpc) is 2.77. The molecule has 6 nitrogen and oxygen atoms in total. The summed E-state index contributed by atoms with van der Waals surface area (Å²) in [5.74, 6) is 0. The van der Waals surface area contributed by atoms with Crippen molar-refractivity contribution < 1.29 is 4.92 Å². The van der Waals surface area contributed by atoms with Gasteiger partial charge in [-0.1, -0.05) is 12.1 Å². The maximum absolute atomic E-state index is 11.1. The molecule has 2 aliphatic heterocycles. The summed E-state index contributed by atoms with van der Waals surface area (Å²) in [4.78, 5) is 10.8. The lowest BCUT2D eigenvalue weighted by molar-refractivity contribution is -0.386. The molecule has 0 aromatic heterocycles. The Labute approximate surface area is 116 Å². The van der Waals surface area contributed by atoms with Crippen molar-refractivity contribution in [3.63, 3.8) is 0 Å². The van der Waals surface area contributed by atoms with Crippen molar-refractivity contribution in [3.8, 4) is 0 Å². The van der Waals surface area contributed by atoms with Crippen molar-refractivity contribution in [2.24, 2.45) is 0 Å². The van der Waals surface area contributed by atoms with Gasteiger partial charge < -0.3 is 5.32 Å². The predicted molar refractivity (Wildman–Crippen MR) is 74.2 cm³/mol. The van der Waals surface area contributed by atoms with E-state index < -0.39 is 0 Å². The van der Waals surface area contributed by atoms with Crippen molar-refractivity contribution in [2.45, 2.75) is 19.0 Å². The molecular formula is C12H14N4O2S. The van der Waals surface area contributed by atoms with Gasteiger partial charge in [-0.3, -0.25) is 15.1 Å². The molecule has 2 aliphatic rings. The Balaban J connectivity index is 1.98. The number of nitro groups is 1. The minimum atomic E-state index is -0.341. The van der Waals surface area contributed by atoms with Crippen LogP contribution in [0.15, 0.2) is 24.3 Å². The molecule has 19 heavy (non-hydrogen) atoms. The van der Waals surface area contributed by atoms with Crippen molar-refractivity contribution in [1.29, 1.82) is 0 Å². The van der Waals surface area contributed by atoms with E-state index in [0.717, 1.165) is 25.9 Å². The van der Waals surface area contributed by atoms with Crippen molar-refractivity contribution >= 4 is 23.0 Å². The Morgan fingerprint density at radius 3 is 2.84 bits per heavy atom. The van der Waals surface area contributed by atoms with Crippen LogP contribution in [0.5, 0.6) is 0 Å². The second-order valence-corrected chi connectivity index (χ2v) is 5.05.